The highest BCUT2D eigenvalue weighted by Gasteiger charge is 2.05. The number of H-pyrrole nitrogens is 2. The molecule has 1 aromatic heterocycles. The molecule has 0 saturated heterocycles. The predicted molar refractivity (Wildman–Crippen MR) is 80.4 cm³/mol. The Kier molecular flexibility index (Phi) is 4.83. The zero-order valence-corrected chi connectivity index (χ0v) is 11.7. The largest absolute Gasteiger partial charge is 0.481 e. The van der Waals surface area contributed by atoms with Crippen LogP contribution in [0.2, 0.25) is 0 Å². The number of nitrogens with one attached hydrogen (secondary N) is 3. The normalized spacial score (nSPS) is 10.3. The van der Waals surface area contributed by atoms with Gasteiger partial charge >= 0.3 is 5.97 Å². The summed E-state index contributed by atoms with van der Waals surface area (Å²) in [5.74, 6) is -1.23. The Morgan fingerprint density at radius 2 is 1.86 bits per heavy atom. The predicted octanol–water partition coefficient (Wildman–Crippen LogP) is 1.13. The van der Waals surface area contributed by atoms with E-state index in [4.69, 9.17) is 5.11 Å². The third-order valence-corrected chi connectivity index (χ3v) is 3.45. The first-order chi connectivity index (χ1) is 10.0. The highest BCUT2D eigenvalue weighted by Crippen LogP contribution is 2.18. The van der Waals surface area contributed by atoms with Crippen LogP contribution in [0, 0.1) is 0 Å². The van der Waals surface area contributed by atoms with Crippen LogP contribution in [0.5, 0.6) is 0 Å². The first-order valence-corrected chi connectivity index (χ1v) is 7.17. The average molecular weight is 307 g/mol. The third kappa shape index (κ3) is 4.53. The minimum absolute atomic E-state index is 0.0825. The fourth-order valence-electron chi connectivity index (χ4n) is 1.65. The summed E-state index contributed by atoms with van der Waals surface area (Å²) in [7, 11) is 0. The van der Waals surface area contributed by atoms with E-state index in [0.717, 1.165) is 17.3 Å². The standard InChI is InChI=1S/C13H13N3O4S/c17-11-5-10(15-16-11)8-1-3-9(4-2-8)14-12(18)6-21-7-13(19)20/h1-5H,6-7H2,(H,14,18)(H,19,20)(H2,15,16,17). The van der Waals surface area contributed by atoms with E-state index in [1.54, 1.807) is 24.3 Å². The number of carbonyl (C=O) groups is 2. The van der Waals surface area contributed by atoms with Crippen molar-refractivity contribution in [3.05, 3.63) is 40.7 Å². The number of benzene rings is 1. The van der Waals surface area contributed by atoms with E-state index in [1.807, 2.05) is 0 Å². The van der Waals surface area contributed by atoms with E-state index < -0.39 is 5.97 Å². The van der Waals surface area contributed by atoms with Gasteiger partial charge in [-0.15, -0.1) is 11.8 Å². The van der Waals surface area contributed by atoms with Gasteiger partial charge < -0.3 is 10.4 Å². The molecule has 0 fully saturated rings. The van der Waals surface area contributed by atoms with Crippen LogP contribution in [0.15, 0.2) is 35.1 Å². The molecule has 0 aliphatic carbocycles. The number of carbonyl (C=O) groups excluding carboxylic acids is 1. The van der Waals surface area contributed by atoms with Crippen molar-refractivity contribution in [2.45, 2.75) is 0 Å². The maximum atomic E-state index is 11.6. The van der Waals surface area contributed by atoms with Crippen molar-refractivity contribution in [3.8, 4) is 11.3 Å². The van der Waals surface area contributed by atoms with Crippen molar-refractivity contribution in [2.24, 2.45) is 0 Å². The molecule has 2 rings (SSSR count). The summed E-state index contributed by atoms with van der Waals surface area (Å²) in [6, 6.07) is 8.38. The Morgan fingerprint density at radius 1 is 1.14 bits per heavy atom. The lowest BCUT2D eigenvalue weighted by Crippen LogP contribution is -2.15. The first-order valence-electron chi connectivity index (χ1n) is 6.02. The summed E-state index contributed by atoms with van der Waals surface area (Å²) in [5.41, 5.74) is 1.87. The van der Waals surface area contributed by atoms with Crippen LogP contribution in [0.25, 0.3) is 11.3 Å². The molecule has 21 heavy (non-hydrogen) atoms. The SMILES string of the molecule is O=C(O)CSCC(=O)Nc1ccc(-c2cc(=O)[nH][nH]2)cc1. The van der Waals surface area contributed by atoms with Gasteiger partial charge in [-0.2, -0.15) is 0 Å². The first kappa shape index (κ1) is 14.9. The van der Waals surface area contributed by atoms with Crippen molar-refractivity contribution in [1.82, 2.24) is 10.2 Å². The molecular weight excluding hydrogens is 294 g/mol. The maximum Gasteiger partial charge on any atom is 0.313 e. The summed E-state index contributed by atoms with van der Waals surface area (Å²) in [5, 5.41) is 16.3. The molecule has 7 nitrogen and oxygen atoms in total. The Labute approximate surface area is 123 Å². The van der Waals surface area contributed by atoms with Gasteiger partial charge in [-0.05, 0) is 17.7 Å². The molecule has 0 atom stereocenters. The third-order valence-electron chi connectivity index (χ3n) is 2.53. The quantitative estimate of drug-likeness (QED) is 0.638. The molecule has 2 aromatic rings. The number of aromatic nitrogens is 2. The fourth-order valence-corrected chi connectivity index (χ4v) is 2.18. The monoisotopic (exact) mass is 307 g/mol. The fraction of sp³-hybridized carbons (Fsp3) is 0.154. The number of rotatable bonds is 6. The number of thioether (sulfide) groups is 1. The molecule has 0 aliphatic rings. The number of amides is 1. The van der Waals surface area contributed by atoms with Crippen molar-refractivity contribution in [3.63, 3.8) is 0 Å². The van der Waals surface area contributed by atoms with Gasteiger partial charge in [-0.1, -0.05) is 12.1 Å². The molecular formula is C13H13N3O4S. The highest BCUT2D eigenvalue weighted by atomic mass is 32.2. The second-order valence-electron chi connectivity index (χ2n) is 4.18. The lowest BCUT2D eigenvalue weighted by atomic mass is 10.1. The number of aromatic amines is 2. The van der Waals surface area contributed by atoms with E-state index in [0.29, 0.717) is 11.4 Å². The summed E-state index contributed by atoms with van der Waals surface area (Å²) in [4.78, 5) is 32.9. The summed E-state index contributed by atoms with van der Waals surface area (Å²) >= 11 is 1.04. The minimum Gasteiger partial charge on any atom is -0.481 e. The molecule has 110 valence electrons. The number of hydrogen-bond donors (Lipinski definition) is 4. The van der Waals surface area contributed by atoms with E-state index in [9.17, 15) is 14.4 Å². The number of aliphatic carboxylic acids is 1. The van der Waals surface area contributed by atoms with E-state index >= 15 is 0 Å². The van der Waals surface area contributed by atoms with E-state index in [1.165, 1.54) is 6.07 Å². The number of hydrogen-bond acceptors (Lipinski definition) is 4. The molecule has 0 bridgehead atoms. The molecule has 4 N–H and O–H groups in total. The van der Waals surface area contributed by atoms with Crippen LogP contribution < -0.4 is 10.9 Å². The van der Waals surface area contributed by atoms with Gasteiger partial charge in [0.05, 0.1) is 17.2 Å². The van der Waals surface area contributed by atoms with E-state index in [-0.39, 0.29) is 23.0 Å². The van der Waals surface area contributed by atoms with Crippen LogP contribution in [-0.2, 0) is 9.59 Å². The van der Waals surface area contributed by atoms with Gasteiger partial charge in [0, 0.05) is 11.8 Å². The number of carboxylic acid groups (broad SMARTS) is 1. The van der Waals surface area contributed by atoms with Crippen molar-refractivity contribution in [1.29, 1.82) is 0 Å². The van der Waals surface area contributed by atoms with Gasteiger partial charge in [0.25, 0.3) is 5.56 Å². The lowest BCUT2D eigenvalue weighted by Gasteiger charge is -2.05. The smallest absolute Gasteiger partial charge is 0.313 e. The summed E-state index contributed by atoms with van der Waals surface area (Å²) in [6.45, 7) is 0. The van der Waals surface area contributed by atoms with Gasteiger partial charge in [0.2, 0.25) is 5.91 Å². The number of anilines is 1. The van der Waals surface area contributed by atoms with Gasteiger partial charge in [-0.25, -0.2) is 0 Å². The highest BCUT2D eigenvalue weighted by molar-refractivity contribution is 8.00. The summed E-state index contributed by atoms with van der Waals surface area (Å²) < 4.78 is 0. The zero-order chi connectivity index (χ0) is 15.2. The molecule has 0 spiro atoms. The van der Waals surface area contributed by atoms with Crippen molar-refractivity contribution >= 4 is 29.3 Å². The van der Waals surface area contributed by atoms with Gasteiger partial charge in [0.1, 0.15) is 0 Å². The van der Waals surface area contributed by atoms with Crippen LogP contribution in [-0.4, -0.2) is 38.7 Å². The van der Waals surface area contributed by atoms with Gasteiger partial charge in [-0.3, -0.25) is 24.6 Å². The number of carboxylic acids is 1. The molecule has 1 amide bonds. The Bertz CT molecular complexity index is 690. The maximum absolute atomic E-state index is 11.6. The Morgan fingerprint density at radius 3 is 2.43 bits per heavy atom. The summed E-state index contributed by atoms with van der Waals surface area (Å²) in [6.07, 6.45) is 0. The molecule has 0 radical (unpaired) electrons. The average Bonchev–Trinajstić information content (AvgIpc) is 2.86. The molecule has 0 aliphatic heterocycles. The van der Waals surface area contributed by atoms with Crippen molar-refractivity contribution in [2.75, 3.05) is 16.8 Å². The lowest BCUT2D eigenvalue weighted by molar-refractivity contribution is -0.133. The van der Waals surface area contributed by atoms with Crippen LogP contribution in [0.1, 0.15) is 0 Å². The van der Waals surface area contributed by atoms with Gasteiger partial charge in [0.15, 0.2) is 0 Å². The zero-order valence-electron chi connectivity index (χ0n) is 10.9. The Balaban J connectivity index is 1.92. The second kappa shape index (κ2) is 6.80. The molecule has 1 aromatic carbocycles. The van der Waals surface area contributed by atoms with E-state index in [2.05, 4.69) is 15.5 Å². The van der Waals surface area contributed by atoms with Crippen molar-refractivity contribution < 1.29 is 14.7 Å². The topological polar surface area (TPSA) is 115 Å². The minimum atomic E-state index is -0.947. The van der Waals surface area contributed by atoms with Crippen LogP contribution >= 0.6 is 11.8 Å². The second-order valence-corrected chi connectivity index (χ2v) is 5.17. The molecule has 8 heteroatoms. The molecule has 1 heterocycles. The Hall–Kier alpha value is -2.48. The molecule has 0 saturated carbocycles. The van der Waals surface area contributed by atoms with Crippen LogP contribution in [0.3, 0.4) is 0 Å². The van der Waals surface area contributed by atoms with Crippen LogP contribution in [0.4, 0.5) is 5.69 Å². The molecule has 0 unspecified atom stereocenters.